The second-order valence-electron chi connectivity index (χ2n) is 3.11. The monoisotopic (exact) mass is 193 g/mol. The van der Waals surface area contributed by atoms with Gasteiger partial charge in [0.2, 0.25) is 5.91 Å². The summed E-state index contributed by atoms with van der Waals surface area (Å²) in [5, 5.41) is 2.70. The Bertz CT molecular complexity index is 336. The number of nitrogens with two attached hydrogens (primary N) is 1. The maximum Gasteiger partial charge on any atom is 0.225 e. The largest absolute Gasteiger partial charge is 0.326 e. The molecule has 1 amide bonds. The Balaban J connectivity index is 2.86. The van der Waals surface area contributed by atoms with E-state index in [1.807, 2.05) is 13.0 Å². The van der Waals surface area contributed by atoms with Crippen LogP contribution in [0.4, 0.5) is 5.82 Å². The van der Waals surface area contributed by atoms with Crippen LogP contribution in [-0.2, 0) is 11.3 Å². The first-order chi connectivity index (χ1) is 6.65. The average molecular weight is 193 g/mol. The molecule has 1 rings (SSSR count). The lowest BCUT2D eigenvalue weighted by Crippen LogP contribution is -2.12. The van der Waals surface area contributed by atoms with Gasteiger partial charge in [0.1, 0.15) is 5.82 Å². The maximum atomic E-state index is 11.1. The molecule has 4 heteroatoms. The third-order valence-corrected chi connectivity index (χ3v) is 1.84. The summed E-state index contributed by atoms with van der Waals surface area (Å²) in [6.07, 6.45) is 0.452. The van der Waals surface area contributed by atoms with Gasteiger partial charge in [-0.2, -0.15) is 0 Å². The van der Waals surface area contributed by atoms with E-state index in [1.54, 1.807) is 13.0 Å². The first-order valence-corrected chi connectivity index (χ1v) is 4.63. The molecular formula is C10H15N3O. The normalized spacial score (nSPS) is 9.93. The molecule has 0 unspecified atom stereocenters. The number of aromatic nitrogens is 1. The zero-order valence-electron chi connectivity index (χ0n) is 8.50. The van der Waals surface area contributed by atoms with Crippen molar-refractivity contribution < 1.29 is 4.79 Å². The van der Waals surface area contributed by atoms with Crippen LogP contribution in [0.5, 0.6) is 0 Å². The van der Waals surface area contributed by atoms with Crippen LogP contribution in [0.25, 0.3) is 0 Å². The van der Waals surface area contributed by atoms with Crippen LogP contribution in [0.1, 0.15) is 24.6 Å². The predicted molar refractivity (Wildman–Crippen MR) is 55.8 cm³/mol. The fourth-order valence-electron chi connectivity index (χ4n) is 1.15. The van der Waals surface area contributed by atoms with Gasteiger partial charge < -0.3 is 11.1 Å². The number of carbonyl (C=O) groups is 1. The summed E-state index contributed by atoms with van der Waals surface area (Å²) in [4.78, 5) is 15.3. The van der Waals surface area contributed by atoms with Crippen molar-refractivity contribution in [3.63, 3.8) is 0 Å². The Hall–Kier alpha value is -1.42. The number of rotatable bonds is 3. The number of aryl methyl sites for hydroxylation is 1. The molecule has 0 aliphatic heterocycles. The summed E-state index contributed by atoms with van der Waals surface area (Å²) in [7, 11) is 0. The van der Waals surface area contributed by atoms with E-state index in [-0.39, 0.29) is 5.91 Å². The van der Waals surface area contributed by atoms with Gasteiger partial charge in [0.25, 0.3) is 0 Å². The number of nitrogens with one attached hydrogen (secondary N) is 1. The van der Waals surface area contributed by atoms with Gasteiger partial charge in [0.05, 0.1) is 0 Å². The van der Waals surface area contributed by atoms with Crippen LogP contribution in [0.2, 0.25) is 0 Å². The quantitative estimate of drug-likeness (QED) is 0.757. The molecule has 0 bridgehead atoms. The summed E-state index contributed by atoms with van der Waals surface area (Å²) in [6, 6.07) is 3.70. The molecule has 0 saturated heterocycles. The SMILES string of the molecule is CCC(=O)Nc1cc(CN)cc(C)n1. The Morgan fingerprint density at radius 1 is 1.57 bits per heavy atom. The van der Waals surface area contributed by atoms with Crippen LogP contribution in [0, 0.1) is 6.92 Å². The Kier molecular flexibility index (Phi) is 3.59. The second kappa shape index (κ2) is 4.72. The predicted octanol–water partition coefficient (Wildman–Crippen LogP) is 1.20. The third kappa shape index (κ3) is 2.81. The summed E-state index contributed by atoms with van der Waals surface area (Å²) in [5.41, 5.74) is 7.35. The minimum atomic E-state index is -0.0360. The van der Waals surface area contributed by atoms with Gasteiger partial charge >= 0.3 is 0 Å². The minimum absolute atomic E-state index is 0.0360. The molecule has 0 aromatic carbocycles. The molecule has 0 atom stereocenters. The van der Waals surface area contributed by atoms with Gasteiger partial charge in [-0.3, -0.25) is 4.79 Å². The van der Waals surface area contributed by atoms with Crippen molar-refractivity contribution in [1.82, 2.24) is 4.98 Å². The van der Waals surface area contributed by atoms with E-state index in [0.717, 1.165) is 11.3 Å². The Morgan fingerprint density at radius 2 is 2.29 bits per heavy atom. The van der Waals surface area contributed by atoms with Gasteiger partial charge in [-0.15, -0.1) is 0 Å². The minimum Gasteiger partial charge on any atom is -0.326 e. The smallest absolute Gasteiger partial charge is 0.225 e. The summed E-state index contributed by atoms with van der Waals surface area (Å²) < 4.78 is 0. The van der Waals surface area contributed by atoms with Crippen LogP contribution >= 0.6 is 0 Å². The van der Waals surface area contributed by atoms with Crippen molar-refractivity contribution in [2.24, 2.45) is 5.73 Å². The first kappa shape index (κ1) is 10.7. The van der Waals surface area contributed by atoms with Crippen molar-refractivity contribution >= 4 is 11.7 Å². The molecule has 1 aromatic rings. The molecule has 0 aliphatic carbocycles. The van der Waals surface area contributed by atoms with Crippen LogP contribution in [0.3, 0.4) is 0 Å². The molecule has 0 saturated carbocycles. The number of amides is 1. The van der Waals surface area contributed by atoms with E-state index >= 15 is 0 Å². The molecule has 0 spiro atoms. The van der Waals surface area contributed by atoms with Gasteiger partial charge in [-0.1, -0.05) is 6.92 Å². The van der Waals surface area contributed by atoms with Crippen molar-refractivity contribution in [2.75, 3.05) is 5.32 Å². The van der Waals surface area contributed by atoms with Crippen molar-refractivity contribution in [3.8, 4) is 0 Å². The molecule has 4 nitrogen and oxygen atoms in total. The molecule has 1 heterocycles. The molecule has 0 aliphatic rings. The molecule has 0 fully saturated rings. The fourth-order valence-corrected chi connectivity index (χ4v) is 1.15. The van der Waals surface area contributed by atoms with Gasteiger partial charge in [0, 0.05) is 18.7 Å². The van der Waals surface area contributed by atoms with Gasteiger partial charge in [0.15, 0.2) is 0 Å². The number of carbonyl (C=O) groups excluding carboxylic acids is 1. The molecule has 76 valence electrons. The lowest BCUT2D eigenvalue weighted by atomic mass is 10.2. The summed E-state index contributed by atoms with van der Waals surface area (Å²) in [5.74, 6) is 0.545. The lowest BCUT2D eigenvalue weighted by molar-refractivity contribution is -0.115. The molecule has 0 radical (unpaired) electrons. The summed E-state index contributed by atoms with van der Waals surface area (Å²) in [6.45, 7) is 4.13. The molecule has 3 N–H and O–H groups in total. The number of nitrogens with zero attached hydrogens (tertiary/aromatic N) is 1. The van der Waals surface area contributed by atoms with E-state index in [4.69, 9.17) is 5.73 Å². The fraction of sp³-hybridized carbons (Fsp3) is 0.400. The van der Waals surface area contributed by atoms with E-state index in [9.17, 15) is 4.79 Å². The van der Waals surface area contributed by atoms with Gasteiger partial charge in [-0.05, 0) is 24.6 Å². The molecular weight excluding hydrogens is 178 g/mol. The van der Waals surface area contributed by atoms with Crippen molar-refractivity contribution in [2.45, 2.75) is 26.8 Å². The van der Waals surface area contributed by atoms with Gasteiger partial charge in [-0.25, -0.2) is 4.98 Å². The topological polar surface area (TPSA) is 68.0 Å². The maximum absolute atomic E-state index is 11.1. The van der Waals surface area contributed by atoms with Crippen molar-refractivity contribution in [1.29, 1.82) is 0 Å². The zero-order chi connectivity index (χ0) is 10.6. The number of hydrogen-bond donors (Lipinski definition) is 2. The van der Waals surface area contributed by atoms with E-state index in [0.29, 0.717) is 18.8 Å². The van der Waals surface area contributed by atoms with Crippen LogP contribution < -0.4 is 11.1 Å². The van der Waals surface area contributed by atoms with Crippen LogP contribution in [0.15, 0.2) is 12.1 Å². The lowest BCUT2D eigenvalue weighted by Gasteiger charge is -2.05. The average Bonchev–Trinajstić information content (AvgIpc) is 2.16. The van der Waals surface area contributed by atoms with E-state index in [2.05, 4.69) is 10.3 Å². The second-order valence-corrected chi connectivity index (χ2v) is 3.11. The third-order valence-electron chi connectivity index (χ3n) is 1.84. The summed E-state index contributed by atoms with van der Waals surface area (Å²) >= 11 is 0. The number of anilines is 1. The standard InChI is InChI=1S/C10H15N3O/c1-3-10(14)13-9-5-8(6-11)4-7(2)12-9/h4-5H,3,6,11H2,1-2H3,(H,12,13,14). The van der Waals surface area contributed by atoms with Crippen LogP contribution in [-0.4, -0.2) is 10.9 Å². The first-order valence-electron chi connectivity index (χ1n) is 4.63. The molecule has 14 heavy (non-hydrogen) atoms. The number of hydrogen-bond acceptors (Lipinski definition) is 3. The van der Waals surface area contributed by atoms with Crippen molar-refractivity contribution in [3.05, 3.63) is 23.4 Å². The van der Waals surface area contributed by atoms with E-state index < -0.39 is 0 Å². The number of pyridine rings is 1. The molecule has 1 aromatic heterocycles. The highest BCUT2D eigenvalue weighted by Crippen LogP contribution is 2.09. The highest BCUT2D eigenvalue weighted by Gasteiger charge is 2.02. The van der Waals surface area contributed by atoms with E-state index in [1.165, 1.54) is 0 Å². The Labute approximate surface area is 83.5 Å². The zero-order valence-corrected chi connectivity index (χ0v) is 8.50. The highest BCUT2D eigenvalue weighted by molar-refractivity contribution is 5.89. The highest BCUT2D eigenvalue weighted by atomic mass is 16.1. The Morgan fingerprint density at radius 3 is 2.86 bits per heavy atom.